The number of hydrogen-bond donors (Lipinski definition) is 1. The summed E-state index contributed by atoms with van der Waals surface area (Å²) in [5, 5.41) is 10.3. The van der Waals surface area contributed by atoms with Crippen LogP contribution >= 0.6 is 11.8 Å². The topological polar surface area (TPSA) is 20.2 Å². The summed E-state index contributed by atoms with van der Waals surface area (Å²) < 4.78 is 0. The Morgan fingerprint density at radius 3 is 2.69 bits per heavy atom. The van der Waals surface area contributed by atoms with E-state index in [9.17, 15) is 5.11 Å². The largest absolute Gasteiger partial charge is 0.392 e. The molecule has 0 amide bonds. The van der Waals surface area contributed by atoms with Gasteiger partial charge in [-0.15, -0.1) is 6.58 Å². The molecule has 1 saturated carbocycles. The number of aliphatic hydroxyl groups excluding tert-OH is 1. The van der Waals surface area contributed by atoms with Gasteiger partial charge < -0.3 is 5.11 Å². The minimum absolute atomic E-state index is 0.176. The van der Waals surface area contributed by atoms with Crippen molar-refractivity contribution in [1.29, 1.82) is 0 Å². The zero-order valence-electron chi connectivity index (χ0n) is 8.24. The smallest absolute Gasteiger partial charge is 0.0664 e. The minimum Gasteiger partial charge on any atom is -0.392 e. The molecule has 0 spiro atoms. The molecule has 76 valence electrons. The van der Waals surface area contributed by atoms with Crippen molar-refractivity contribution in [2.45, 2.75) is 49.9 Å². The van der Waals surface area contributed by atoms with E-state index in [1.165, 1.54) is 32.1 Å². The van der Waals surface area contributed by atoms with Crippen LogP contribution in [0.5, 0.6) is 0 Å². The summed E-state index contributed by atoms with van der Waals surface area (Å²) in [6.45, 7) is 3.63. The highest BCUT2D eigenvalue weighted by molar-refractivity contribution is 7.99. The molecule has 0 aromatic carbocycles. The third kappa shape index (κ3) is 4.72. The summed E-state index contributed by atoms with van der Waals surface area (Å²) in [7, 11) is 0. The highest BCUT2D eigenvalue weighted by atomic mass is 32.2. The van der Waals surface area contributed by atoms with E-state index in [0.29, 0.717) is 0 Å². The Hall–Kier alpha value is 0.0500. The van der Waals surface area contributed by atoms with E-state index in [0.717, 1.165) is 17.4 Å². The first-order chi connectivity index (χ1) is 6.33. The van der Waals surface area contributed by atoms with Gasteiger partial charge in [0.2, 0.25) is 0 Å². The zero-order valence-corrected chi connectivity index (χ0v) is 9.06. The second kappa shape index (κ2) is 6.50. The van der Waals surface area contributed by atoms with Gasteiger partial charge in [-0.3, -0.25) is 0 Å². The van der Waals surface area contributed by atoms with Crippen molar-refractivity contribution in [2.75, 3.05) is 5.75 Å². The fourth-order valence-electron chi connectivity index (χ4n) is 1.74. The monoisotopic (exact) mass is 200 g/mol. The molecule has 1 rings (SSSR count). The molecule has 1 aliphatic carbocycles. The Labute approximate surface area is 85.6 Å². The number of rotatable bonds is 5. The first-order valence-electron chi connectivity index (χ1n) is 5.23. The molecule has 0 aromatic heterocycles. The Morgan fingerprint density at radius 1 is 1.38 bits per heavy atom. The van der Waals surface area contributed by atoms with Crippen molar-refractivity contribution in [1.82, 2.24) is 0 Å². The Balaban J connectivity index is 2.06. The summed E-state index contributed by atoms with van der Waals surface area (Å²) >= 11 is 1.95. The molecule has 0 bridgehead atoms. The van der Waals surface area contributed by atoms with Crippen molar-refractivity contribution >= 4 is 11.8 Å². The van der Waals surface area contributed by atoms with Crippen LogP contribution in [0.25, 0.3) is 0 Å². The maximum absolute atomic E-state index is 9.49. The van der Waals surface area contributed by atoms with Gasteiger partial charge in [0.25, 0.3) is 0 Å². The summed E-state index contributed by atoms with van der Waals surface area (Å²) in [4.78, 5) is 0. The van der Waals surface area contributed by atoms with Crippen LogP contribution < -0.4 is 0 Å². The molecular weight excluding hydrogens is 180 g/mol. The molecule has 0 aromatic rings. The lowest BCUT2D eigenvalue weighted by Crippen LogP contribution is -2.14. The minimum atomic E-state index is -0.176. The van der Waals surface area contributed by atoms with Crippen molar-refractivity contribution in [3.63, 3.8) is 0 Å². The average Bonchev–Trinajstić information content (AvgIpc) is 2.17. The molecule has 2 heteroatoms. The van der Waals surface area contributed by atoms with E-state index in [1.807, 2.05) is 11.8 Å². The second-order valence-electron chi connectivity index (χ2n) is 3.77. The molecule has 0 saturated heterocycles. The predicted octanol–water partition coefficient (Wildman–Crippen LogP) is 2.99. The van der Waals surface area contributed by atoms with Gasteiger partial charge in [-0.05, 0) is 19.3 Å². The van der Waals surface area contributed by atoms with Gasteiger partial charge in [-0.25, -0.2) is 0 Å². The summed E-state index contributed by atoms with van der Waals surface area (Å²) in [5.74, 6) is 0.886. The van der Waals surface area contributed by atoms with Crippen LogP contribution in [0.4, 0.5) is 0 Å². The predicted molar refractivity (Wildman–Crippen MR) is 60.2 cm³/mol. The maximum Gasteiger partial charge on any atom is 0.0664 e. The molecule has 1 unspecified atom stereocenters. The van der Waals surface area contributed by atoms with Crippen LogP contribution in [0.15, 0.2) is 12.7 Å². The van der Waals surface area contributed by atoms with E-state index in [2.05, 4.69) is 6.58 Å². The summed E-state index contributed by atoms with van der Waals surface area (Å²) in [6, 6.07) is 0. The van der Waals surface area contributed by atoms with Gasteiger partial charge in [0, 0.05) is 11.0 Å². The van der Waals surface area contributed by atoms with E-state index >= 15 is 0 Å². The fourth-order valence-corrected chi connectivity index (χ4v) is 3.04. The van der Waals surface area contributed by atoms with Gasteiger partial charge >= 0.3 is 0 Å². The lowest BCUT2D eigenvalue weighted by molar-refractivity contribution is 0.203. The van der Waals surface area contributed by atoms with Crippen molar-refractivity contribution < 1.29 is 5.11 Å². The van der Waals surface area contributed by atoms with E-state index in [4.69, 9.17) is 0 Å². The van der Waals surface area contributed by atoms with Gasteiger partial charge in [0.05, 0.1) is 6.10 Å². The first kappa shape index (κ1) is 11.1. The normalized spacial score (nSPS) is 21.3. The van der Waals surface area contributed by atoms with Gasteiger partial charge in [-0.1, -0.05) is 25.3 Å². The highest BCUT2D eigenvalue weighted by Gasteiger charge is 2.14. The summed E-state index contributed by atoms with van der Waals surface area (Å²) in [5.41, 5.74) is 0. The Morgan fingerprint density at radius 2 is 2.08 bits per heavy atom. The third-order valence-electron chi connectivity index (χ3n) is 2.52. The van der Waals surface area contributed by atoms with Crippen molar-refractivity contribution in [2.24, 2.45) is 0 Å². The summed E-state index contributed by atoms with van der Waals surface area (Å²) in [6.07, 6.45) is 9.24. The first-order valence-corrected chi connectivity index (χ1v) is 6.28. The lowest BCUT2D eigenvalue weighted by Gasteiger charge is -2.21. The number of hydrogen-bond acceptors (Lipinski definition) is 2. The average molecular weight is 200 g/mol. The van der Waals surface area contributed by atoms with E-state index in [-0.39, 0.29) is 6.10 Å². The fraction of sp³-hybridized carbons (Fsp3) is 0.818. The molecule has 1 N–H and O–H groups in total. The van der Waals surface area contributed by atoms with Gasteiger partial charge in [0.15, 0.2) is 0 Å². The van der Waals surface area contributed by atoms with Crippen LogP contribution in [0.1, 0.15) is 38.5 Å². The van der Waals surface area contributed by atoms with Crippen LogP contribution in [0.3, 0.4) is 0 Å². The molecule has 1 nitrogen and oxygen atoms in total. The third-order valence-corrected chi connectivity index (χ3v) is 4.04. The maximum atomic E-state index is 9.49. The second-order valence-corrected chi connectivity index (χ2v) is 5.10. The van der Waals surface area contributed by atoms with Crippen LogP contribution in [0, 0.1) is 0 Å². The van der Waals surface area contributed by atoms with Crippen molar-refractivity contribution in [3.05, 3.63) is 12.7 Å². The molecule has 0 heterocycles. The van der Waals surface area contributed by atoms with Crippen LogP contribution in [-0.4, -0.2) is 22.2 Å². The molecule has 13 heavy (non-hydrogen) atoms. The van der Waals surface area contributed by atoms with Crippen LogP contribution in [-0.2, 0) is 0 Å². The van der Waals surface area contributed by atoms with Gasteiger partial charge in [0.1, 0.15) is 0 Å². The lowest BCUT2D eigenvalue weighted by atomic mass is 10.0. The molecule has 1 aliphatic rings. The molecule has 1 atom stereocenters. The quantitative estimate of drug-likeness (QED) is 0.688. The SMILES string of the molecule is C=CCC(O)CSC1CCCCC1. The molecule has 0 aliphatic heterocycles. The molecular formula is C11H20OS. The Kier molecular flexibility index (Phi) is 5.56. The van der Waals surface area contributed by atoms with E-state index < -0.39 is 0 Å². The van der Waals surface area contributed by atoms with Crippen molar-refractivity contribution in [3.8, 4) is 0 Å². The van der Waals surface area contributed by atoms with Gasteiger partial charge in [-0.2, -0.15) is 11.8 Å². The van der Waals surface area contributed by atoms with E-state index in [1.54, 1.807) is 6.08 Å². The Bertz CT molecular complexity index is 141. The number of aliphatic hydroxyl groups is 1. The molecule has 1 fully saturated rings. The standard InChI is InChI=1S/C11H20OS/c1-2-6-10(12)9-13-11-7-4-3-5-8-11/h2,10-12H,1,3-9H2. The highest BCUT2D eigenvalue weighted by Crippen LogP contribution is 2.28. The number of thioether (sulfide) groups is 1. The molecule has 0 radical (unpaired) electrons. The van der Waals surface area contributed by atoms with Crippen LogP contribution in [0.2, 0.25) is 0 Å². The zero-order chi connectivity index (χ0) is 9.52.